The topological polar surface area (TPSA) is 12.9 Å². The fourth-order valence-corrected chi connectivity index (χ4v) is 3.92. The molecular formula is C25H20ClN. The first-order valence-electron chi connectivity index (χ1n) is 9.05. The molecule has 1 heterocycles. The van der Waals surface area contributed by atoms with Crippen LogP contribution < -0.4 is 0 Å². The van der Waals surface area contributed by atoms with Crippen molar-refractivity contribution < 1.29 is 0 Å². The lowest BCUT2D eigenvalue weighted by Crippen LogP contribution is -2.32. The van der Waals surface area contributed by atoms with Crippen molar-refractivity contribution in [2.24, 2.45) is 0 Å². The van der Waals surface area contributed by atoms with E-state index in [1.165, 1.54) is 22.3 Å². The second-order valence-corrected chi connectivity index (χ2v) is 7.11. The number of hydrogen-bond acceptors (Lipinski definition) is 1. The van der Waals surface area contributed by atoms with Gasteiger partial charge in [0.2, 0.25) is 0 Å². The maximum absolute atomic E-state index is 6.13. The minimum Gasteiger partial charge on any atom is -0.265 e. The van der Waals surface area contributed by atoms with Crippen LogP contribution in [0.15, 0.2) is 109 Å². The molecule has 0 aliphatic carbocycles. The number of nitrogens with zero attached hydrogens (tertiary/aromatic N) is 1. The summed E-state index contributed by atoms with van der Waals surface area (Å²) in [6.45, 7) is 0. The fourth-order valence-electron chi connectivity index (χ4n) is 3.80. The van der Waals surface area contributed by atoms with E-state index in [0.29, 0.717) is 0 Å². The Bertz CT molecular complexity index is 884. The van der Waals surface area contributed by atoms with Crippen molar-refractivity contribution in [2.75, 3.05) is 0 Å². The average molecular weight is 370 g/mol. The highest BCUT2D eigenvalue weighted by molar-refractivity contribution is 6.30. The van der Waals surface area contributed by atoms with Crippen LogP contribution in [0.25, 0.3) is 0 Å². The summed E-state index contributed by atoms with van der Waals surface area (Å²) in [6.07, 6.45) is 4.58. The van der Waals surface area contributed by atoms with Crippen molar-refractivity contribution in [3.63, 3.8) is 0 Å². The van der Waals surface area contributed by atoms with Gasteiger partial charge in [-0.05, 0) is 52.9 Å². The Morgan fingerprint density at radius 2 is 1.07 bits per heavy atom. The van der Waals surface area contributed by atoms with Gasteiger partial charge in [-0.2, -0.15) is 0 Å². The van der Waals surface area contributed by atoms with Gasteiger partial charge in [0, 0.05) is 22.8 Å². The van der Waals surface area contributed by atoms with E-state index in [1.54, 1.807) is 0 Å². The van der Waals surface area contributed by atoms with Crippen molar-refractivity contribution >= 4 is 11.6 Å². The zero-order valence-electron chi connectivity index (χ0n) is 14.9. The molecule has 0 saturated heterocycles. The fraction of sp³-hybridized carbons (Fsp3) is 0.0800. The third kappa shape index (κ3) is 3.51. The second-order valence-electron chi connectivity index (χ2n) is 6.68. The van der Waals surface area contributed by atoms with Gasteiger partial charge in [0.05, 0.1) is 0 Å². The van der Waals surface area contributed by atoms with E-state index >= 15 is 0 Å². The second kappa shape index (κ2) is 7.77. The number of aromatic nitrogens is 1. The predicted molar refractivity (Wildman–Crippen MR) is 112 cm³/mol. The Morgan fingerprint density at radius 1 is 0.593 bits per heavy atom. The van der Waals surface area contributed by atoms with E-state index < -0.39 is 0 Å². The van der Waals surface area contributed by atoms with Gasteiger partial charge < -0.3 is 0 Å². The van der Waals surface area contributed by atoms with Gasteiger partial charge >= 0.3 is 0 Å². The van der Waals surface area contributed by atoms with Crippen LogP contribution in [0.3, 0.4) is 0 Å². The van der Waals surface area contributed by atoms with Crippen LogP contribution in [0.5, 0.6) is 0 Å². The molecule has 132 valence electrons. The Hall–Kier alpha value is -2.90. The SMILES string of the molecule is Clc1ccc(CC(c2ccccc2)(c2ccccc2)c2ccncc2)cc1. The summed E-state index contributed by atoms with van der Waals surface area (Å²) in [5, 5.41) is 0.757. The molecule has 0 spiro atoms. The Kier molecular flexibility index (Phi) is 5.04. The summed E-state index contributed by atoms with van der Waals surface area (Å²) in [4.78, 5) is 4.25. The number of pyridine rings is 1. The van der Waals surface area contributed by atoms with Crippen LogP contribution in [0.1, 0.15) is 22.3 Å². The highest BCUT2D eigenvalue weighted by atomic mass is 35.5. The van der Waals surface area contributed by atoms with Crippen LogP contribution in [0, 0.1) is 0 Å². The van der Waals surface area contributed by atoms with Crippen LogP contribution in [0.2, 0.25) is 5.02 Å². The monoisotopic (exact) mass is 369 g/mol. The number of halogens is 1. The first-order chi connectivity index (χ1) is 13.3. The van der Waals surface area contributed by atoms with Crippen molar-refractivity contribution in [1.29, 1.82) is 0 Å². The van der Waals surface area contributed by atoms with Gasteiger partial charge in [-0.25, -0.2) is 0 Å². The third-order valence-electron chi connectivity index (χ3n) is 5.09. The largest absolute Gasteiger partial charge is 0.265 e. The van der Waals surface area contributed by atoms with Gasteiger partial charge in [-0.3, -0.25) is 4.98 Å². The summed E-state index contributed by atoms with van der Waals surface area (Å²) >= 11 is 6.13. The third-order valence-corrected chi connectivity index (χ3v) is 5.34. The van der Waals surface area contributed by atoms with Gasteiger partial charge in [0.1, 0.15) is 0 Å². The molecule has 0 bridgehead atoms. The van der Waals surface area contributed by atoms with E-state index in [1.807, 2.05) is 24.5 Å². The minimum atomic E-state index is -0.306. The predicted octanol–water partition coefficient (Wildman–Crippen LogP) is 6.31. The molecule has 3 aromatic carbocycles. The number of rotatable bonds is 5. The van der Waals surface area contributed by atoms with Gasteiger partial charge in [-0.1, -0.05) is 84.4 Å². The maximum atomic E-state index is 6.13. The molecule has 27 heavy (non-hydrogen) atoms. The molecule has 4 aromatic rings. The van der Waals surface area contributed by atoms with E-state index in [9.17, 15) is 0 Å². The highest BCUT2D eigenvalue weighted by Gasteiger charge is 2.36. The average Bonchev–Trinajstić information content (AvgIpc) is 2.75. The zero-order chi connectivity index (χ0) is 18.5. The molecule has 2 heteroatoms. The zero-order valence-corrected chi connectivity index (χ0v) is 15.7. The summed E-state index contributed by atoms with van der Waals surface area (Å²) < 4.78 is 0. The van der Waals surface area contributed by atoms with Crippen molar-refractivity contribution in [3.05, 3.63) is 137 Å². The molecular weight excluding hydrogens is 350 g/mol. The Balaban J connectivity index is 1.98. The molecule has 0 unspecified atom stereocenters. The normalized spacial score (nSPS) is 11.3. The van der Waals surface area contributed by atoms with E-state index in [4.69, 9.17) is 11.6 Å². The molecule has 0 radical (unpaired) electrons. The highest BCUT2D eigenvalue weighted by Crippen LogP contribution is 2.42. The minimum absolute atomic E-state index is 0.306. The maximum Gasteiger partial charge on any atom is 0.0492 e. The molecule has 1 nitrogen and oxygen atoms in total. The van der Waals surface area contributed by atoms with E-state index in [-0.39, 0.29) is 5.41 Å². The lowest BCUT2D eigenvalue weighted by molar-refractivity contribution is 0.612. The molecule has 0 N–H and O–H groups in total. The molecule has 0 amide bonds. The molecule has 1 aromatic heterocycles. The quantitative estimate of drug-likeness (QED) is 0.401. The molecule has 0 aliphatic rings. The van der Waals surface area contributed by atoms with Crippen molar-refractivity contribution in [2.45, 2.75) is 11.8 Å². The Morgan fingerprint density at radius 3 is 1.59 bits per heavy atom. The molecule has 0 atom stereocenters. The van der Waals surface area contributed by atoms with Crippen molar-refractivity contribution in [3.8, 4) is 0 Å². The summed E-state index contributed by atoms with van der Waals surface area (Å²) in [5.41, 5.74) is 4.68. The first-order valence-corrected chi connectivity index (χ1v) is 9.43. The van der Waals surface area contributed by atoms with E-state index in [2.05, 4.69) is 89.9 Å². The molecule has 0 saturated carbocycles. The molecule has 4 rings (SSSR count). The smallest absolute Gasteiger partial charge is 0.0492 e. The van der Waals surface area contributed by atoms with E-state index in [0.717, 1.165) is 11.4 Å². The van der Waals surface area contributed by atoms with Crippen molar-refractivity contribution in [1.82, 2.24) is 4.98 Å². The van der Waals surface area contributed by atoms with Gasteiger partial charge in [0.15, 0.2) is 0 Å². The lowest BCUT2D eigenvalue weighted by atomic mass is 9.66. The number of benzene rings is 3. The summed E-state index contributed by atoms with van der Waals surface area (Å²) in [5.74, 6) is 0. The summed E-state index contributed by atoms with van der Waals surface area (Å²) in [7, 11) is 0. The molecule has 0 aliphatic heterocycles. The van der Waals surface area contributed by atoms with Gasteiger partial charge in [0.25, 0.3) is 0 Å². The van der Waals surface area contributed by atoms with Crippen LogP contribution in [0.4, 0.5) is 0 Å². The summed E-state index contributed by atoms with van der Waals surface area (Å²) in [6, 6.07) is 33.8. The van der Waals surface area contributed by atoms with Crippen LogP contribution in [-0.4, -0.2) is 4.98 Å². The number of hydrogen-bond donors (Lipinski definition) is 0. The standard InChI is InChI=1S/C25H20ClN/c26-24-13-11-20(12-14-24)19-25(21-7-3-1-4-8-21,22-9-5-2-6-10-22)23-15-17-27-18-16-23/h1-18H,19H2. The lowest BCUT2D eigenvalue weighted by Gasteiger charge is -2.36. The van der Waals surface area contributed by atoms with Crippen LogP contribution in [-0.2, 0) is 11.8 Å². The van der Waals surface area contributed by atoms with Crippen LogP contribution >= 0.6 is 11.6 Å². The Labute approximate surface area is 165 Å². The first kappa shape index (κ1) is 17.5. The van der Waals surface area contributed by atoms with Gasteiger partial charge in [-0.15, -0.1) is 0 Å². The molecule has 0 fully saturated rings.